The lowest BCUT2D eigenvalue weighted by Gasteiger charge is -2.18. The van der Waals surface area contributed by atoms with Gasteiger partial charge in [-0.2, -0.15) is 0 Å². The van der Waals surface area contributed by atoms with Crippen molar-refractivity contribution in [2.45, 2.75) is 0 Å². The Kier molecular flexibility index (Phi) is 4.41. The van der Waals surface area contributed by atoms with Crippen LogP contribution in [0.25, 0.3) is 99.2 Å². The molecule has 0 radical (unpaired) electrons. The second-order valence-electron chi connectivity index (χ2n) is 11.8. The second-order valence-corrected chi connectivity index (χ2v) is 11.8. The first-order valence-corrected chi connectivity index (χ1v) is 15.7. The highest BCUT2D eigenvalue weighted by atomic mass is 16.4. The molecule has 2 heterocycles. The van der Waals surface area contributed by atoms with E-state index >= 15 is 0 Å². The van der Waals surface area contributed by atoms with Crippen LogP contribution in [0.3, 0.4) is 0 Å². The molecular formula is C46H28O2. The third-order valence-electron chi connectivity index (χ3n) is 9.13. The molecule has 0 saturated carbocycles. The van der Waals surface area contributed by atoms with Crippen molar-refractivity contribution in [2.24, 2.45) is 0 Å². The molecule has 10 aromatic rings. The summed E-state index contributed by atoms with van der Waals surface area (Å²) in [6, 6.07) is 35.5. The summed E-state index contributed by atoms with van der Waals surface area (Å²) in [5.41, 5.74) is 6.45. The van der Waals surface area contributed by atoms with Crippen LogP contribution in [0.2, 0.25) is 0 Å². The summed E-state index contributed by atoms with van der Waals surface area (Å²) in [6.45, 7) is 0. The van der Waals surface area contributed by atoms with E-state index in [1.165, 1.54) is 0 Å². The van der Waals surface area contributed by atoms with E-state index in [0.717, 1.165) is 38.6 Å². The molecule has 2 heteroatoms. The highest BCUT2D eigenvalue weighted by Crippen LogP contribution is 2.45. The minimum Gasteiger partial charge on any atom is -0.452 e. The highest BCUT2D eigenvalue weighted by molar-refractivity contribution is 6.22. The summed E-state index contributed by atoms with van der Waals surface area (Å²) < 4.78 is 84.2. The molecule has 0 aliphatic heterocycles. The quantitative estimate of drug-likeness (QED) is 0.183. The van der Waals surface area contributed by atoms with E-state index in [9.17, 15) is 2.74 Å². The summed E-state index contributed by atoms with van der Waals surface area (Å²) >= 11 is 0. The molecule has 0 N–H and O–H groups in total. The molecule has 0 bridgehead atoms. The normalized spacial score (nSPS) is 14.1. The van der Waals surface area contributed by atoms with Crippen LogP contribution in [0.5, 0.6) is 0 Å². The van der Waals surface area contributed by atoms with Crippen LogP contribution in [-0.4, -0.2) is 0 Å². The van der Waals surface area contributed by atoms with Crippen LogP contribution in [0.1, 0.15) is 11.0 Å². The van der Waals surface area contributed by atoms with Gasteiger partial charge in [0.2, 0.25) is 0 Å². The predicted molar refractivity (Wildman–Crippen MR) is 200 cm³/mol. The van der Waals surface area contributed by atoms with Crippen molar-refractivity contribution in [3.63, 3.8) is 0 Å². The van der Waals surface area contributed by atoms with Crippen molar-refractivity contribution in [3.8, 4) is 44.7 Å². The molecule has 0 unspecified atom stereocenters. The maximum absolute atomic E-state index is 9.20. The maximum Gasteiger partial charge on any atom is 0.178 e. The van der Waals surface area contributed by atoms with Crippen molar-refractivity contribution in [1.82, 2.24) is 0 Å². The molecule has 0 atom stereocenters. The summed E-state index contributed by atoms with van der Waals surface area (Å²) in [6.07, 6.45) is 0. The fraction of sp³-hybridized carbons (Fsp3) is 0. The Morgan fingerprint density at radius 3 is 1.60 bits per heavy atom. The van der Waals surface area contributed by atoms with Crippen LogP contribution < -0.4 is 0 Å². The van der Waals surface area contributed by atoms with Crippen molar-refractivity contribution >= 4 is 54.5 Å². The SMILES string of the molecule is [2H]c1c([2H])c([2H])c2c(-c3ccc(-c4cccc5oc6c(ccc7cc(-c8ccccc8)oc76)c45)cc3)c3c([2H])c([2H])c([2H])c([2H])c3c(-c3ccccc3)c2c1[2H]. The van der Waals surface area contributed by atoms with Gasteiger partial charge in [0, 0.05) is 21.7 Å². The molecule has 0 saturated heterocycles. The number of furan rings is 2. The Morgan fingerprint density at radius 2 is 0.979 bits per heavy atom. The molecule has 48 heavy (non-hydrogen) atoms. The Morgan fingerprint density at radius 1 is 0.417 bits per heavy atom. The van der Waals surface area contributed by atoms with Gasteiger partial charge >= 0.3 is 0 Å². The number of hydrogen-bond donors (Lipinski definition) is 0. The number of rotatable bonds is 4. The molecule has 224 valence electrons. The first-order valence-electron chi connectivity index (χ1n) is 19.7. The summed E-state index contributed by atoms with van der Waals surface area (Å²) in [7, 11) is 0. The Labute approximate surface area is 288 Å². The minimum atomic E-state index is -0.431. The van der Waals surface area contributed by atoms with Crippen LogP contribution in [-0.2, 0) is 0 Å². The first-order chi connectivity index (χ1) is 27.1. The second kappa shape index (κ2) is 10.6. The zero-order valence-corrected chi connectivity index (χ0v) is 25.4. The summed E-state index contributed by atoms with van der Waals surface area (Å²) in [5, 5.41) is 3.46. The van der Waals surface area contributed by atoms with Gasteiger partial charge in [-0.05, 0) is 73.1 Å². The van der Waals surface area contributed by atoms with Crippen LogP contribution >= 0.6 is 0 Å². The molecule has 2 aromatic heterocycles. The Hall–Kier alpha value is -6.38. The van der Waals surface area contributed by atoms with E-state index in [-0.39, 0.29) is 45.7 Å². The van der Waals surface area contributed by atoms with Gasteiger partial charge in [-0.1, -0.05) is 151 Å². The fourth-order valence-corrected chi connectivity index (χ4v) is 6.99. The topological polar surface area (TPSA) is 26.3 Å². The van der Waals surface area contributed by atoms with Gasteiger partial charge in [-0.3, -0.25) is 0 Å². The van der Waals surface area contributed by atoms with Crippen molar-refractivity contribution in [1.29, 1.82) is 0 Å². The first kappa shape index (κ1) is 20.0. The highest BCUT2D eigenvalue weighted by Gasteiger charge is 2.19. The largest absolute Gasteiger partial charge is 0.452 e. The molecular weight excluding hydrogens is 585 g/mol. The van der Waals surface area contributed by atoms with E-state index in [4.69, 9.17) is 17.1 Å². The van der Waals surface area contributed by atoms with E-state index in [1.807, 2.05) is 97.1 Å². The predicted octanol–water partition coefficient (Wildman–Crippen LogP) is 13.3. The van der Waals surface area contributed by atoms with Gasteiger partial charge in [0.15, 0.2) is 11.2 Å². The standard InChI is InChI=1S/C46H28O2/c1-3-12-30(13-4-1)41-28-33-26-27-39-44-34(20-11-21-40(44)47-46(39)45(33)48-41)29-22-24-32(25-23-29)43-37-18-9-7-16-35(37)42(31-14-5-2-6-15-31)36-17-8-10-19-38(36)43/h1-28H/i7D,8D,9D,10D,16D,17D,18D,19D. The summed E-state index contributed by atoms with van der Waals surface area (Å²) in [4.78, 5) is 0. The van der Waals surface area contributed by atoms with E-state index in [2.05, 4.69) is 0 Å². The van der Waals surface area contributed by atoms with Crippen molar-refractivity contribution < 1.29 is 19.8 Å². The molecule has 0 aliphatic carbocycles. The summed E-state index contributed by atoms with van der Waals surface area (Å²) in [5.74, 6) is 0.746. The Balaban J connectivity index is 1.23. The number of benzene rings is 8. The van der Waals surface area contributed by atoms with Gasteiger partial charge < -0.3 is 8.83 Å². The van der Waals surface area contributed by atoms with Gasteiger partial charge in [0.25, 0.3) is 0 Å². The van der Waals surface area contributed by atoms with Gasteiger partial charge in [-0.25, -0.2) is 0 Å². The zero-order valence-electron chi connectivity index (χ0n) is 33.4. The lowest BCUT2D eigenvalue weighted by molar-refractivity contribution is 0.611. The molecule has 8 aromatic carbocycles. The molecule has 0 spiro atoms. The molecule has 10 rings (SSSR count). The third kappa shape index (κ3) is 4.06. The molecule has 0 amide bonds. The van der Waals surface area contributed by atoms with Crippen LogP contribution in [0.15, 0.2) is 179 Å². The average Bonchev–Trinajstić information content (AvgIpc) is 3.85. The average molecular weight is 621 g/mol. The van der Waals surface area contributed by atoms with Crippen LogP contribution in [0.4, 0.5) is 0 Å². The van der Waals surface area contributed by atoms with Gasteiger partial charge in [0.1, 0.15) is 11.3 Å². The third-order valence-corrected chi connectivity index (χ3v) is 9.13. The van der Waals surface area contributed by atoms with Crippen LogP contribution in [0, 0.1) is 0 Å². The lowest BCUT2D eigenvalue weighted by atomic mass is 9.85. The molecule has 2 nitrogen and oxygen atoms in total. The molecule has 0 aliphatic rings. The van der Waals surface area contributed by atoms with E-state index in [0.29, 0.717) is 39.0 Å². The van der Waals surface area contributed by atoms with Gasteiger partial charge in [-0.15, -0.1) is 0 Å². The Bertz CT molecular complexity index is 3180. The maximum atomic E-state index is 9.20. The van der Waals surface area contributed by atoms with Crippen molar-refractivity contribution in [2.75, 3.05) is 0 Å². The van der Waals surface area contributed by atoms with E-state index < -0.39 is 24.2 Å². The van der Waals surface area contributed by atoms with Gasteiger partial charge in [0.05, 0.1) is 11.0 Å². The lowest BCUT2D eigenvalue weighted by Crippen LogP contribution is -1.90. The fourth-order valence-electron chi connectivity index (χ4n) is 6.99. The number of hydrogen-bond acceptors (Lipinski definition) is 2. The smallest absolute Gasteiger partial charge is 0.178 e. The zero-order chi connectivity index (χ0) is 38.6. The number of fused-ring (bicyclic) bond motifs is 7. The van der Waals surface area contributed by atoms with E-state index in [1.54, 1.807) is 24.3 Å². The van der Waals surface area contributed by atoms with Crippen molar-refractivity contribution in [3.05, 3.63) is 170 Å². The minimum absolute atomic E-state index is 0.181. The monoisotopic (exact) mass is 620 g/mol. The molecule has 0 fully saturated rings.